The van der Waals surface area contributed by atoms with Crippen molar-refractivity contribution >= 4 is 25.0 Å². The Morgan fingerprint density at radius 2 is 1.86 bits per heavy atom. The van der Waals surface area contributed by atoms with E-state index in [2.05, 4.69) is 0 Å². The molecule has 0 spiro atoms. The van der Waals surface area contributed by atoms with Gasteiger partial charge < -0.3 is 14.2 Å². The summed E-state index contributed by atoms with van der Waals surface area (Å²) in [6.45, 7) is 3.73. The molecule has 0 amide bonds. The minimum atomic E-state index is -3.43. The van der Waals surface area contributed by atoms with Crippen LogP contribution in [0.25, 0.3) is 0 Å². The summed E-state index contributed by atoms with van der Waals surface area (Å²) in [5.41, 5.74) is 0.468. The third kappa shape index (κ3) is 5.89. The maximum absolute atomic E-state index is 12.2. The minimum Gasteiger partial charge on any atom is -0.388 e. The SMILES string of the molecule is CCOP(=O)(CC(=O)CC(O)c1ccccc1Cl)OCC. The molecule has 0 aliphatic rings. The standard InChI is InChI=1S/C14H20ClO5P/c1-3-19-21(18,20-4-2)10-11(16)9-14(17)12-7-5-6-8-13(12)15/h5-8,14,17H,3-4,9-10H2,1-2H3. The first-order valence-electron chi connectivity index (χ1n) is 6.74. The molecule has 0 heterocycles. The van der Waals surface area contributed by atoms with Crippen molar-refractivity contribution in [1.29, 1.82) is 0 Å². The summed E-state index contributed by atoms with van der Waals surface area (Å²) in [5.74, 6) is -0.396. The fraction of sp³-hybridized carbons (Fsp3) is 0.500. The molecule has 0 saturated heterocycles. The van der Waals surface area contributed by atoms with Gasteiger partial charge in [0.2, 0.25) is 0 Å². The first-order chi connectivity index (χ1) is 9.91. The van der Waals surface area contributed by atoms with Crippen LogP contribution in [0.2, 0.25) is 5.02 Å². The lowest BCUT2D eigenvalue weighted by Gasteiger charge is -2.17. The third-order valence-corrected chi connectivity index (χ3v) is 5.09. The lowest BCUT2D eigenvalue weighted by molar-refractivity contribution is -0.118. The highest BCUT2D eigenvalue weighted by Gasteiger charge is 2.28. The molecule has 118 valence electrons. The van der Waals surface area contributed by atoms with Crippen LogP contribution in [0.5, 0.6) is 0 Å². The monoisotopic (exact) mass is 334 g/mol. The van der Waals surface area contributed by atoms with Gasteiger partial charge in [0.05, 0.1) is 19.3 Å². The van der Waals surface area contributed by atoms with Crippen LogP contribution in [0.3, 0.4) is 0 Å². The molecule has 1 aromatic carbocycles. The molecule has 0 aromatic heterocycles. The first-order valence-corrected chi connectivity index (χ1v) is 8.84. The van der Waals surface area contributed by atoms with Crippen LogP contribution in [0.15, 0.2) is 24.3 Å². The Bertz CT molecular complexity index is 510. The van der Waals surface area contributed by atoms with E-state index in [1.54, 1.807) is 38.1 Å². The number of aliphatic hydroxyl groups excluding tert-OH is 1. The van der Waals surface area contributed by atoms with Gasteiger partial charge in [0.15, 0.2) is 0 Å². The molecule has 1 unspecified atom stereocenters. The molecule has 21 heavy (non-hydrogen) atoms. The summed E-state index contributed by atoms with van der Waals surface area (Å²) in [6, 6.07) is 6.74. The second-order valence-corrected chi connectivity index (χ2v) is 6.85. The van der Waals surface area contributed by atoms with Gasteiger partial charge in [-0.25, -0.2) is 0 Å². The maximum Gasteiger partial charge on any atom is 0.338 e. The van der Waals surface area contributed by atoms with E-state index in [9.17, 15) is 14.5 Å². The number of ketones is 1. The van der Waals surface area contributed by atoms with Crippen molar-refractivity contribution in [2.45, 2.75) is 26.4 Å². The second-order valence-electron chi connectivity index (χ2n) is 4.38. The molecular formula is C14H20ClO5P. The van der Waals surface area contributed by atoms with Crippen molar-refractivity contribution in [3.8, 4) is 0 Å². The fourth-order valence-electron chi connectivity index (χ4n) is 1.87. The molecule has 1 atom stereocenters. The third-order valence-electron chi connectivity index (χ3n) is 2.71. The number of carbonyl (C=O) groups excluding carboxylic acids is 1. The highest BCUT2D eigenvalue weighted by molar-refractivity contribution is 7.54. The van der Waals surface area contributed by atoms with Crippen molar-refractivity contribution in [2.75, 3.05) is 19.4 Å². The molecule has 7 heteroatoms. The Kier molecular flexibility index (Phi) is 7.57. The zero-order valence-electron chi connectivity index (χ0n) is 12.1. The molecule has 0 bridgehead atoms. The van der Waals surface area contributed by atoms with E-state index < -0.39 is 19.5 Å². The number of rotatable bonds is 9. The Labute approximate surface area is 129 Å². The van der Waals surface area contributed by atoms with Crippen LogP contribution < -0.4 is 0 Å². The van der Waals surface area contributed by atoms with E-state index in [1.807, 2.05) is 0 Å². The highest BCUT2D eigenvalue weighted by Crippen LogP contribution is 2.48. The predicted molar refractivity (Wildman–Crippen MR) is 81.8 cm³/mol. The van der Waals surface area contributed by atoms with Crippen molar-refractivity contribution in [3.05, 3.63) is 34.9 Å². The molecule has 1 rings (SSSR count). The number of hydrogen-bond donors (Lipinski definition) is 1. The van der Waals surface area contributed by atoms with E-state index in [-0.39, 0.29) is 25.8 Å². The van der Waals surface area contributed by atoms with E-state index in [1.165, 1.54) is 0 Å². The number of Topliss-reactive ketones (excluding diaryl/α,β-unsaturated/α-hetero) is 1. The molecule has 1 aromatic rings. The molecule has 0 aliphatic heterocycles. The van der Waals surface area contributed by atoms with E-state index >= 15 is 0 Å². The second kappa shape index (κ2) is 8.66. The van der Waals surface area contributed by atoms with Crippen LogP contribution in [-0.2, 0) is 18.4 Å². The average molecular weight is 335 g/mol. The molecule has 1 N–H and O–H groups in total. The summed E-state index contributed by atoms with van der Waals surface area (Å²) in [5, 5.41) is 10.4. The maximum atomic E-state index is 12.2. The highest BCUT2D eigenvalue weighted by atomic mass is 35.5. The summed E-state index contributed by atoms with van der Waals surface area (Å²) in [7, 11) is -3.43. The minimum absolute atomic E-state index is 0.187. The lowest BCUT2D eigenvalue weighted by atomic mass is 10.1. The molecule has 5 nitrogen and oxygen atoms in total. The number of benzene rings is 1. The normalized spacial score (nSPS) is 13.1. The van der Waals surface area contributed by atoms with Gasteiger partial charge in [-0.1, -0.05) is 29.8 Å². The van der Waals surface area contributed by atoms with Crippen molar-refractivity contribution < 1.29 is 23.5 Å². The quantitative estimate of drug-likeness (QED) is 0.698. The van der Waals surface area contributed by atoms with Crippen LogP contribution in [0.4, 0.5) is 0 Å². The lowest BCUT2D eigenvalue weighted by Crippen LogP contribution is -2.13. The van der Waals surface area contributed by atoms with Gasteiger partial charge in [-0.3, -0.25) is 9.36 Å². The van der Waals surface area contributed by atoms with Gasteiger partial charge in [0.1, 0.15) is 11.9 Å². The topological polar surface area (TPSA) is 72.8 Å². The molecule has 0 aliphatic carbocycles. The Hall–Kier alpha value is -0.710. The zero-order chi connectivity index (χ0) is 15.9. The Morgan fingerprint density at radius 3 is 2.38 bits per heavy atom. The van der Waals surface area contributed by atoms with E-state index in [0.717, 1.165) is 0 Å². The number of halogens is 1. The predicted octanol–water partition coefficient (Wildman–Crippen LogP) is 3.60. The van der Waals surface area contributed by atoms with Crippen molar-refractivity contribution in [2.24, 2.45) is 0 Å². The molecule has 0 saturated carbocycles. The Morgan fingerprint density at radius 1 is 1.29 bits per heavy atom. The zero-order valence-corrected chi connectivity index (χ0v) is 13.8. The van der Waals surface area contributed by atoms with Crippen LogP contribution in [-0.4, -0.2) is 30.3 Å². The van der Waals surface area contributed by atoms with Crippen LogP contribution in [0.1, 0.15) is 31.9 Å². The van der Waals surface area contributed by atoms with Gasteiger partial charge in [-0.2, -0.15) is 0 Å². The number of hydrogen-bond acceptors (Lipinski definition) is 5. The molecule has 0 fully saturated rings. The molecular weight excluding hydrogens is 315 g/mol. The number of aliphatic hydroxyl groups is 1. The summed E-state index contributed by atoms with van der Waals surface area (Å²) < 4.78 is 22.3. The van der Waals surface area contributed by atoms with Crippen LogP contribution >= 0.6 is 19.2 Å². The van der Waals surface area contributed by atoms with Gasteiger partial charge in [-0.05, 0) is 25.5 Å². The van der Waals surface area contributed by atoms with Crippen LogP contribution in [0, 0.1) is 0 Å². The summed E-state index contributed by atoms with van der Waals surface area (Å²) in [4.78, 5) is 12.0. The van der Waals surface area contributed by atoms with E-state index in [0.29, 0.717) is 10.6 Å². The van der Waals surface area contributed by atoms with Crippen molar-refractivity contribution in [3.63, 3.8) is 0 Å². The summed E-state index contributed by atoms with van der Waals surface area (Å²) in [6.07, 6.45) is -1.58. The largest absolute Gasteiger partial charge is 0.388 e. The van der Waals surface area contributed by atoms with Gasteiger partial charge in [0, 0.05) is 11.4 Å². The Balaban J connectivity index is 2.68. The van der Waals surface area contributed by atoms with Crippen molar-refractivity contribution in [1.82, 2.24) is 0 Å². The smallest absolute Gasteiger partial charge is 0.338 e. The summed E-state index contributed by atoms with van der Waals surface area (Å²) >= 11 is 5.96. The first kappa shape index (κ1) is 18.3. The average Bonchev–Trinajstić information content (AvgIpc) is 2.38. The van der Waals surface area contributed by atoms with Gasteiger partial charge in [-0.15, -0.1) is 0 Å². The fourth-order valence-corrected chi connectivity index (χ4v) is 3.74. The van der Waals surface area contributed by atoms with Gasteiger partial charge >= 0.3 is 7.60 Å². The molecule has 0 radical (unpaired) electrons. The van der Waals surface area contributed by atoms with E-state index in [4.69, 9.17) is 20.6 Å². The van der Waals surface area contributed by atoms with Gasteiger partial charge in [0.25, 0.3) is 0 Å². The number of carbonyl (C=O) groups is 1.